The predicted molar refractivity (Wildman–Crippen MR) is 68.5 cm³/mol. The first kappa shape index (κ1) is 13.8. The second-order valence-corrected chi connectivity index (χ2v) is 4.93. The Kier molecular flexibility index (Phi) is 5.41. The third-order valence-corrected chi connectivity index (χ3v) is 3.68. The molecule has 1 N–H and O–H groups in total. The molecule has 0 aromatic rings. The summed E-state index contributed by atoms with van der Waals surface area (Å²) in [6.07, 6.45) is 3.75. The molecule has 0 spiro atoms. The molecule has 2 saturated heterocycles. The number of ether oxygens (including phenoxy) is 2. The lowest BCUT2D eigenvalue weighted by atomic mass is 10.1. The summed E-state index contributed by atoms with van der Waals surface area (Å²) in [7, 11) is 0. The molecule has 104 valence electrons. The van der Waals surface area contributed by atoms with Gasteiger partial charge in [0.2, 0.25) is 0 Å². The Hall–Kier alpha value is -0.650. The molecule has 2 aliphatic heterocycles. The fraction of sp³-hybridized carbons (Fsp3) is 0.923. The maximum atomic E-state index is 11.9. The minimum Gasteiger partial charge on any atom is -0.465 e. The van der Waals surface area contributed by atoms with Crippen molar-refractivity contribution in [2.45, 2.75) is 38.3 Å². The van der Waals surface area contributed by atoms with Gasteiger partial charge in [-0.15, -0.1) is 0 Å². The number of hydrogen-bond donors (Lipinski definition) is 1. The molecule has 2 rings (SSSR count). The van der Waals surface area contributed by atoms with Crippen molar-refractivity contribution < 1.29 is 14.3 Å². The van der Waals surface area contributed by atoms with Crippen molar-refractivity contribution in [1.82, 2.24) is 10.2 Å². The van der Waals surface area contributed by atoms with E-state index < -0.39 is 0 Å². The number of nitrogens with one attached hydrogen (secondary N) is 1. The largest absolute Gasteiger partial charge is 0.465 e. The van der Waals surface area contributed by atoms with Crippen molar-refractivity contribution in [1.29, 1.82) is 0 Å². The maximum Gasteiger partial charge on any atom is 0.324 e. The zero-order valence-corrected chi connectivity index (χ0v) is 11.2. The van der Waals surface area contributed by atoms with Gasteiger partial charge in [0.15, 0.2) is 0 Å². The standard InChI is InChI=1S/C13H24N2O3/c1-2-17-13(16)12-10-14-6-8-15(12)7-5-11-4-3-9-18-11/h11-12,14H,2-10H2,1H3. The van der Waals surface area contributed by atoms with Crippen LogP contribution in [-0.4, -0.2) is 62.4 Å². The van der Waals surface area contributed by atoms with Gasteiger partial charge in [-0.3, -0.25) is 9.69 Å². The van der Waals surface area contributed by atoms with Gasteiger partial charge in [-0.05, 0) is 26.2 Å². The van der Waals surface area contributed by atoms with Crippen molar-refractivity contribution in [2.75, 3.05) is 39.4 Å². The number of carbonyl (C=O) groups is 1. The molecular weight excluding hydrogens is 232 g/mol. The Morgan fingerprint density at radius 3 is 3.17 bits per heavy atom. The summed E-state index contributed by atoms with van der Waals surface area (Å²) < 4.78 is 10.8. The molecule has 2 fully saturated rings. The topological polar surface area (TPSA) is 50.8 Å². The van der Waals surface area contributed by atoms with Crippen molar-refractivity contribution in [3.8, 4) is 0 Å². The smallest absolute Gasteiger partial charge is 0.324 e. The summed E-state index contributed by atoms with van der Waals surface area (Å²) in [4.78, 5) is 14.1. The Morgan fingerprint density at radius 1 is 1.56 bits per heavy atom. The Bertz CT molecular complexity index is 267. The van der Waals surface area contributed by atoms with Crippen LogP contribution in [0.15, 0.2) is 0 Å². The molecule has 2 heterocycles. The van der Waals surface area contributed by atoms with Crippen LogP contribution < -0.4 is 5.32 Å². The summed E-state index contributed by atoms with van der Waals surface area (Å²) in [6.45, 7) is 6.69. The first-order chi connectivity index (χ1) is 8.81. The SMILES string of the molecule is CCOC(=O)C1CNCCN1CCC1CCCO1. The van der Waals surface area contributed by atoms with Crippen LogP contribution in [0, 0.1) is 0 Å². The van der Waals surface area contributed by atoms with Crippen LogP contribution in [0.25, 0.3) is 0 Å². The minimum atomic E-state index is -0.125. The van der Waals surface area contributed by atoms with Crippen molar-refractivity contribution in [2.24, 2.45) is 0 Å². The second kappa shape index (κ2) is 7.07. The number of piperazine rings is 1. The van der Waals surface area contributed by atoms with E-state index in [-0.39, 0.29) is 12.0 Å². The molecule has 18 heavy (non-hydrogen) atoms. The molecule has 5 nitrogen and oxygen atoms in total. The molecule has 0 bridgehead atoms. The maximum absolute atomic E-state index is 11.9. The quantitative estimate of drug-likeness (QED) is 0.721. The van der Waals surface area contributed by atoms with Gasteiger partial charge >= 0.3 is 5.97 Å². The van der Waals surface area contributed by atoms with Crippen LogP contribution >= 0.6 is 0 Å². The zero-order valence-electron chi connectivity index (χ0n) is 11.2. The van der Waals surface area contributed by atoms with E-state index in [0.29, 0.717) is 19.3 Å². The van der Waals surface area contributed by atoms with Gasteiger partial charge in [0.25, 0.3) is 0 Å². The fourth-order valence-corrected chi connectivity index (χ4v) is 2.67. The number of hydrogen-bond acceptors (Lipinski definition) is 5. The van der Waals surface area contributed by atoms with E-state index in [2.05, 4.69) is 10.2 Å². The van der Waals surface area contributed by atoms with Gasteiger partial charge in [-0.25, -0.2) is 0 Å². The van der Waals surface area contributed by atoms with E-state index in [1.807, 2.05) is 6.92 Å². The lowest BCUT2D eigenvalue weighted by Gasteiger charge is -2.34. The molecule has 0 amide bonds. The Labute approximate surface area is 109 Å². The summed E-state index contributed by atoms with van der Waals surface area (Å²) >= 11 is 0. The molecule has 0 aliphatic carbocycles. The van der Waals surface area contributed by atoms with Gasteiger partial charge in [0.1, 0.15) is 6.04 Å². The third kappa shape index (κ3) is 3.67. The van der Waals surface area contributed by atoms with Gasteiger partial charge in [0.05, 0.1) is 12.7 Å². The van der Waals surface area contributed by atoms with Crippen LogP contribution in [0.4, 0.5) is 0 Å². The van der Waals surface area contributed by atoms with E-state index in [9.17, 15) is 4.79 Å². The number of rotatable bonds is 5. The zero-order chi connectivity index (χ0) is 12.8. The summed E-state index contributed by atoms with van der Waals surface area (Å²) in [5.74, 6) is -0.1000. The molecule has 0 aromatic carbocycles. The summed E-state index contributed by atoms with van der Waals surface area (Å²) in [6, 6.07) is -0.125. The highest BCUT2D eigenvalue weighted by Gasteiger charge is 2.30. The Morgan fingerprint density at radius 2 is 2.44 bits per heavy atom. The molecule has 0 radical (unpaired) electrons. The van der Waals surface area contributed by atoms with Crippen LogP contribution in [-0.2, 0) is 14.3 Å². The first-order valence-electron chi connectivity index (χ1n) is 7.04. The van der Waals surface area contributed by atoms with Gasteiger partial charge < -0.3 is 14.8 Å². The van der Waals surface area contributed by atoms with Crippen LogP contribution in [0.5, 0.6) is 0 Å². The molecule has 2 aliphatic rings. The van der Waals surface area contributed by atoms with Gasteiger partial charge in [0, 0.05) is 32.8 Å². The normalized spacial score (nSPS) is 29.4. The van der Waals surface area contributed by atoms with Crippen molar-refractivity contribution in [3.63, 3.8) is 0 Å². The predicted octanol–water partition coefficient (Wildman–Crippen LogP) is 0.392. The average molecular weight is 256 g/mol. The lowest BCUT2D eigenvalue weighted by molar-refractivity contribution is -0.150. The first-order valence-corrected chi connectivity index (χ1v) is 7.04. The molecule has 0 saturated carbocycles. The van der Waals surface area contributed by atoms with E-state index in [0.717, 1.165) is 39.1 Å². The molecule has 2 atom stereocenters. The molecule has 0 aromatic heterocycles. The minimum absolute atomic E-state index is 0.1000. The number of nitrogens with zero attached hydrogens (tertiary/aromatic N) is 1. The van der Waals surface area contributed by atoms with Crippen molar-refractivity contribution >= 4 is 5.97 Å². The summed E-state index contributed by atoms with van der Waals surface area (Å²) in [5, 5.41) is 3.26. The van der Waals surface area contributed by atoms with Crippen molar-refractivity contribution in [3.05, 3.63) is 0 Å². The lowest BCUT2D eigenvalue weighted by Crippen LogP contribution is -2.55. The highest BCUT2D eigenvalue weighted by atomic mass is 16.5. The highest BCUT2D eigenvalue weighted by molar-refractivity contribution is 5.76. The van der Waals surface area contributed by atoms with E-state index in [4.69, 9.17) is 9.47 Å². The van der Waals surface area contributed by atoms with E-state index in [1.165, 1.54) is 6.42 Å². The van der Waals surface area contributed by atoms with Gasteiger partial charge in [-0.1, -0.05) is 0 Å². The highest BCUT2D eigenvalue weighted by Crippen LogP contribution is 2.17. The van der Waals surface area contributed by atoms with E-state index in [1.54, 1.807) is 0 Å². The van der Waals surface area contributed by atoms with Crippen LogP contribution in [0.1, 0.15) is 26.2 Å². The molecule has 5 heteroatoms. The molecular formula is C13H24N2O3. The van der Waals surface area contributed by atoms with Crippen LogP contribution in [0.3, 0.4) is 0 Å². The van der Waals surface area contributed by atoms with Crippen LogP contribution in [0.2, 0.25) is 0 Å². The Balaban J connectivity index is 1.80. The molecule has 2 unspecified atom stereocenters. The van der Waals surface area contributed by atoms with E-state index >= 15 is 0 Å². The average Bonchev–Trinajstić information content (AvgIpc) is 2.90. The fourth-order valence-electron chi connectivity index (χ4n) is 2.67. The van der Waals surface area contributed by atoms with Gasteiger partial charge in [-0.2, -0.15) is 0 Å². The summed E-state index contributed by atoms with van der Waals surface area (Å²) in [5.41, 5.74) is 0. The number of esters is 1. The monoisotopic (exact) mass is 256 g/mol. The third-order valence-electron chi connectivity index (χ3n) is 3.68. The number of carbonyl (C=O) groups excluding carboxylic acids is 1. The second-order valence-electron chi connectivity index (χ2n) is 4.93.